The van der Waals surface area contributed by atoms with E-state index in [9.17, 15) is 9.59 Å². The maximum absolute atomic E-state index is 12.3. The molecule has 1 aromatic heterocycles. The second kappa shape index (κ2) is 9.26. The number of hydrogen-bond acceptors (Lipinski definition) is 4. The van der Waals surface area contributed by atoms with Crippen molar-refractivity contribution in [2.24, 2.45) is 0 Å². The second-order valence-electron chi connectivity index (χ2n) is 7.38. The molecule has 2 amide bonds. The molecular weight excluding hydrogens is 378 g/mol. The summed E-state index contributed by atoms with van der Waals surface area (Å²) in [6, 6.07) is 17.9. The maximum Gasteiger partial charge on any atom is 0.257 e. The van der Waals surface area contributed by atoms with E-state index >= 15 is 0 Å². The molecule has 154 valence electrons. The van der Waals surface area contributed by atoms with Gasteiger partial charge in [-0.25, -0.2) is 4.68 Å². The Morgan fingerprint density at radius 1 is 0.967 bits per heavy atom. The van der Waals surface area contributed by atoms with Crippen molar-refractivity contribution in [3.63, 3.8) is 0 Å². The van der Waals surface area contributed by atoms with Gasteiger partial charge >= 0.3 is 0 Å². The number of fused-ring (bicyclic) bond motifs is 1. The summed E-state index contributed by atoms with van der Waals surface area (Å²) in [5.41, 5.74) is 9.33. The van der Waals surface area contributed by atoms with Crippen LogP contribution in [0, 0.1) is 0 Å². The molecule has 1 aliphatic rings. The van der Waals surface area contributed by atoms with Crippen LogP contribution in [0.4, 0.5) is 5.69 Å². The lowest BCUT2D eigenvalue weighted by atomic mass is 10.0. The van der Waals surface area contributed by atoms with E-state index in [0.717, 1.165) is 36.3 Å². The van der Waals surface area contributed by atoms with E-state index in [0.29, 0.717) is 6.42 Å². The molecule has 0 spiro atoms. The number of hydrogen-bond donors (Lipinski definition) is 2. The van der Waals surface area contributed by atoms with Crippen LogP contribution < -0.4 is 15.8 Å². The monoisotopic (exact) mass is 403 g/mol. The van der Waals surface area contributed by atoms with Crippen molar-refractivity contribution < 1.29 is 9.59 Å². The Labute approximate surface area is 175 Å². The first kappa shape index (κ1) is 19.7. The first-order valence-electron chi connectivity index (χ1n) is 10.2. The third kappa shape index (κ3) is 4.86. The fourth-order valence-corrected chi connectivity index (χ4v) is 3.66. The standard InChI is InChI=1S/C23H25N5O2/c29-22(13-12-18-15-24-28(16-18)20-9-2-1-3-10-20)25-26-23(30)17-27-14-6-8-19-7-4-5-11-21(19)27/h1-5,7,9-11,15-16H,6,8,12-14,17H2,(H,25,29)(H,26,30). The Balaban J connectivity index is 1.22. The van der Waals surface area contributed by atoms with Gasteiger partial charge < -0.3 is 4.90 Å². The highest BCUT2D eigenvalue weighted by molar-refractivity contribution is 5.85. The van der Waals surface area contributed by atoms with E-state index in [1.807, 2.05) is 54.7 Å². The van der Waals surface area contributed by atoms with Gasteiger partial charge in [0.15, 0.2) is 0 Å². The number of benzene rings is 2. The van der Waals surface area contributed by atoms with Gasteiger partial charge in [-0.3, -0.25) is 20.4 Å². The number of anilines is 1. The van der Waals surface area contributed by atoms with Gasteiger partial charge in [0.1, 0.15) is 0 Å². The molecule has 0 radical (unpaired) electrons. The highest BCUT2D eigenvalue weighted by atomic mass is 16.2. The number of carbonyl (C=O) groups is 2. The molecule has 0 bridgehead atoms. The number of amides is 2. The van der Waals surface area contributed by atoms with Crippen LogP contribution in [-0.4, -0.2) is 34.7 Å². The van der Waals surface area contributed by atoms with Gasteiger partial charge in [0.25, 0.3) is 5.91 Å². The summed E-state index contributed by atoms with van der Waals surface area (Å²) in [4.78, 5) is 26.5. The average Bonchev–Trinajstić information content (AvgIpc) is 3.26. The molecule has 0 aliphatic carbocycles. The molecule has 1 aliphatic heterocycles. The average molecular weight is 403 g/mol. The lowest BCUT2D eigenvalue weighted by molar-refractivity contribution is -0.128. The number of carbonyl (C=O) groups excluding carboxylic acids is 2. The molecule has 0 unspecified atom stereocenters. The van der Waals surface area contributed by atoms with Gasteiger partial charge in [-0.2, -0.15) is 5.10 Å². The number of nitrogens with one attached hydrogen (secondary N) is 2. The highest BCUT2D eigenvalue weighted by Gasteiger charge is 2.18. The van der Waals surface area contributed by atoms with Crippen LogP contribution in [0.2, 0.25) is 0 Å². The van der Waals surface area contributed by atoms with Gasteiger partial charge in [0.2, 0.25) is 5.91 Å². The summed E-state index contributed by atoms with van der Waals surface area (Å²) >= 11 is 0. The largest absolute Gasteiger partial charge is 0.362 e. The van der Waals surface area contributed by atoms with Gasteiger partial charge in [-0.05, 0) is 48.6 Å². The van der Waals surface area contributed by atoms with E-state index < -0.39 is 0 Å². The number of hydrazine groups is 1. The van der Waals surface area contributed by atoms with E-state index in [1.54, 1.807) is 10.9 Å². The fraction of sp³-hybridized carbons (Fsp3) is 0.261. The molecule has 0 saturated heterocycles. The number of para-hydroxylation sites is 2. The molecule has 2 N–H and O–H groups in total. The molecule has 4 rings (SSSR count). The Kier molecular flexibility index (Phi) is 6.08. The number of aromatic nitrogens is 2. The Morgan fingerprint density at radius 2 is 1.73 bits per heavy atom. The van der Waals surface area contributed by atoms with Gasteiger partial charge in [0.05, 0.1) is 18.4 Å². The quantitative estimate of drug-likeness (QED) is 0.620. The topological polar surface area (TPSA) is 79.3 Å². The minimum absolute atomic E-state index is 0.223. The Hall–Kier alpha value is -3.61. The normalized spacial score (nSPS) is 12.9. The lowest BCUT2D eigenvalue weighted by Gasteiger charge is -2.30. The number of nitrogens with zero attached hydrogens (tertiary/aromatic N) is 3. The third-order valence-electron chi connectivity index (χ3n) is 5.18. The van der Waals surface area contributed by atoms with Crippen molar-refractivity contribution >= 4 is 17.5 Å². The van der Waals surface area contributed by atoms with Crippen molar-refractivity contribution in [3.8, 4) is 5.69 Å². The molecule has 3 aromatic rings. The van der Waals surface area contributed by atoms with Gasteiger partial charge in [-0.1, -0.05) is 36.4 Å². The Bertz CT molecular complexity index is 1020. The summed E-state index contributed by atoms with van der Waals surface area (Å²) in [5.74, 6) is -0.452. The van der Waals surface area contributed by atoms with Crippen LogP contribution in [0.3, 0.4) is 0 Å². The molecular formula is C23H25N5O2. The van der Waals surface area contributed by atoms with Crippen molar-refractivity contribution in [3.05, 3.63) is 78.1 Å². The first-order valence-corrected chi connectivity index (χ1v) is 10.2. The minimum Gasteiger partial charge on any atom is -0.362 e. The van der Waals surface area contributed by atoms with Crippen molar-refractivity contribution in [2.75, 3.05) is 18.0 Å². The zero-order chi connectivity index (χ0) is 20.8. The van der Waals surface area contributed by atoms with Crippen LogP contribution in [0.5, 0.6) is 0 Å². The summed E-state index contributed by atoms with van der Waals surface area (Å²) in [5, 5.41) is 4.33. The molecule has 0 atom stereocenters. The van der Waals surface area contributed by atoms with Gasteiger partial charge in [0, 0.05) is 24.8 Å². The summed E-state index contributed by atoms with van der Waals surface area (Å²) in [6.45, 7) is 1.06. The predicted molar refractivity (Wildman–Crippen MR) is 115 cm³/mol. The van der Waals surface area contributed by atoms with Crippen molar-refractivity contribution in [1.82, 2.24) is 20.6 Å². The van der Waals surface area contributed by atoms with Crippen molar-refractivity contribution in [2.45, 2.75) is 25.7 Å². The summed E-state index contributed by atoms with van der Waals surface area (Å²) in [6.07, 6.45) is 6.54. The number of aryl methyl sites for hydroxylation is 2. The second-order valence-corrected chi connectivity index (χ2v) is 7.38. The van der Waals surface area contributed by atoms with Gasteiger partial charge in [-0.15, -0.1) is 0 Å². The third-order valence-corrected chi connectivity index (χ3v) is 5.18. The lowest BCUT2D eigenvalue weighted by Crippen LogP contribution is -2.47. The minimum atomic E-state index is -0.227. The smallest absolute Gasteiger partial charge is 0.257 e. The maximum atomic E-state index is 12.3. The zero-order valence-corrected chi connectivity index (χ0v) is 16.8. The van der Waals surface area contributed by atoms with Crippen LogP contribution in [0.1, 0.15) is 24.0 Å². The molecule has 30 heavy (non-hydrogen) atoms. The SMILES string of the molecule is O=C(CCc1cnn(-c2ccccc2)c1)NNC(=O)CN1CCCc2ccccc21. The molecule has 7 heteroatoms. The molecule has 0 fully saturated rings. The summed E-state index contributed by atoms with van der Waals surface area (Å²) < 4.78 is 1.78. The van der Waals surface area contributed by atoms with Crippen LogP contribution in [0.15, 0.2) is 67.0 Å². The fourth-order valence-electron chi connectivity index (χ4n) is 3.66. The van der Waals surface area contributed by atoms with E-state index in [2.05, 4.69) is 26.9 Å². The number of rotatable bonds is 6. The van der Waals surface area contributed by atoms with Crippen molar-refractivity contribution in [1.29, 1.82) is 0 Å². The predicted octanol–water partition coefficient (Wildman–Crippen LogP) is 2.41. The first-order chi connectivity index (χ1) is 14.7. The van der Waals surface area contributed by atoms with E-state index in [4.69, 9.17) is 0 Å². The molecule has 0 saturated carbocycles. The van der Waals surface area contributed by atoms with E-state index in [-0.39, 0.29) is 24.8 Å². The molecule has 7 nitrogen and oxygen atoms in total. The van der Waals surface area contributed by atoms with Crippen LogP contribution >= 0.6 is 0 Å². The highest BCUT2D eigenvalue weighted by Crippen LogP contribution is 2.26. The zero-order valence-electron chi connectivity index (χ0n) is 16.8. The molecule has 2 aromatic carbocycles. The summed E-state index contributed by atoms with van der Waals surface area (Å²) in [7, 11) is 0. The van der Waals surface area contributed by atoms with Crippen LogP contribution in [-0.2, 0) is 22.4 Å². The Morgan fingerprint density at radius 3 is 2.60 bits per heavy atom. The van der Waals surface area contributed by atoms with Crippen LogP contribution in [0.25, 0.3) is 5.69 Å². The van der Waals surface area contributed by atoms with E-state index in [1.165, 1.54) is 5.56 Å². The molecule has 2 heterocycles.